The van der Waals surface area contributed by atoms with Crippen molar-refractivity contribution in [2.24, 2.45) is 5.09 Å². The van der Waals surface area contributed by atoms with E-state index in [1.807, 2.05) is 42.5 Å². The lowest BCUT2D eigenvalue weighted by Gasteiger charge is -2.21. The van der Waals surface area contributed by atoms with Crippen molar-refractivity contribution < 1.29 is 19.7 Å². The molecule has 1 amide bonds. The number of hydrogen-bond acceptors (Lipinski definition) is 10. The van der Waals surface area contributed by atoms with Crippen molar-refractivity contribution >= 4 is 30.7 Å². The van der Waals surface area contributed by atoms with Crippen molar-refractivity contribution in [1.29, 1.82) is 0 Å². The largest absolute Gasteiger partial charge is 0.497 e. The van der Waals surface area contributed by atoms with E-state index in [9.17, 15) is 24.6 Å². The lowest BCUT2D eigenvalue weighted by Crippen LogP contribution is -2.31. The van der Waals surface area contributed by atoms with Crippen LogP contribution in [0.3, 0.4) is 0 Å². The first-order chi connectivity index (χ1) is 20.9. The Bertz CT molecular complexity index is 1440. The molecule has 3 N–H and O–H groups in total. The molecule has 1 atom stereocenters. The van der Waals surface area contributed by atoms with E-state index in [1.54, 1.807) is 30.6 Å². The van der Waals surface area contributed by atoms with Gasteiger partial charge in [0, 0.05) is 55.7 Å². The number of hydrogen-bond donors (Lipinski definition) is 3. The molecule has 13 heteroatoms. The standard InChI is InChI=1S/C30H31BN6O5S/c38-29(34-14-15-43-28(31(41)36-42)17-22-6-5-7-23(16-22)30(39)40)24-10-11-27(35-18-24)21-37(19-25-8-1-3-12-32-25)20-26-9-2-4-13-33-26/h1-13,16,18,28,41H,14-15,17,19-21H2,(H,34,38)(H,39,40). The fourth-order valence-corrected chi connectivity index (χ4v) is 5.40. The molecule has 1 unspecified atom stereocenters. The molecular formula is C30H31BN6O5S. The molecule has 0 aliphatic rings. The Labute approximate surface area is 253 Å². The average Bonchev–Trinajstić information content (AvgIpc) is 3.03. The normalized spacial score (nSPS) is 11.6. The zero-order chi connectivity index (χ0) is 30.4. The van der Waals surface area contributed by atoms with Crippen molar-refractivity contribution in [1.82, 2.24) is 25.2 Å². The molecule has 220 valence electrons. The van der Waals surface area contributed by atoms with E-state index in [2.05, 4.69) is 30.3 Å². The van der Waals surface area contributed by atoms with Crippen LogP contribution in [0.4, 0.5) is 0 Å². The molecule has 4 aromatic rings. The summed E-state index contributed by atoms with van der Waals surface area (Å²) in [5, 5.41) is 24.3. The summed E-state index contributed by atoms with van der Waals surface area (Å²) in [6.45, 7) is 2.04. The monoisotopic (exact) mass is 598 g/mol. The van der Waals surface area contributed by atoms with E-state index >= 15 is 0 Å². The third kappa shape index (κ3) is 10.1. The number of rotatable bonds is 16. The number of nitrogens with zero attached hydrogens (tertiary/aromatic N) is 5. The number of carbonyl (C=O) groups is 2. The van der Waals surface area contributed by atoms with Gasteiger partial charge in [-0.15, -0.1) is 0 Å². The smallest absolute Gasteiger partial charge is 0.478 e. The first-order valence-corrected chi connectivity index (χ1v) is 14.7. The van der Waals surface area contributed by atoms with Crippen molar-refractivity contribution in [3.05, 3.63) is 130 Å². The van der Waals surface area contributed by atoms with E-state index in [-0.39, 0.29) is 24.4 Å². The lowest BCUT2D eigenvalue weighted by atomic mass is 9.77. The second-order valence-electron chi connectivity index (χ2n) is 9.72. The molecule has 1 aromatic carbocycles. The van der Waals surface area contributed by atoms with E-state index in [1.165, 1.54) is 30.1 Å². The minimum Gasteiger partial charge on any atom is -0.478 e. The number of carboxylic acid groups (broad SMARTS) is 1. The highest BCUT2D eigenvalue weighted by Gasteiger charge is 2.28. The van der Waals surface area contributed by atoms with Crippen LogP contribution in [0.2, 0.25) is 0 Å². The molecule has 11 nitrogen and oxygen atoms in total. The molecule has 0 radical (unpaired) electrons. The van der Waals surface area contributed by atoms with Gasteiger partial charge in [0.25, 0.3) is 5.91 Å². The Morgan fingerprint density at radius 3 is 2.12 bits per heavy atom. The van der Waals surface area contributed by atoms with Crippen LogP contribution in [-0.2, 0) is 26.1 Å². The van der Waals surface area contributed by atoms with Gasteiger partial charge < -0.3 is 15.4 Å². The zero-order valence-corrected chi connectivity index (χ0v) is 24.1. The summed E-state index contributed by atoms with van der Waals surface area (Å²) in [5.41, 5.74) is 3.85. The van der Waals surface area contributed by atoms with E-state index in [0.29, 0.717) is 36.5 Å². The van der Waals surface area contributed by atoms with Gasteiger partial charge in [0.15, 0.2) is 0 Å². The number of pyridine rings is 3. The Morgan fingerprint density at radius 1 is 0.884 bits per heavy atom. The van der Waals surface area contributed by atoms with Gasteiger partial charge in [-0.3, -0.25) is 24.6 Å². The molecule has 0 aliphatic carbocycles. The molecule has 0 spiro atoms. The van der Waals surface area contributed by atoms with E-state index < -0.39 is 18.2 Å². The summed E-state index contributed by atoms with van der Waals surface area (Å²) >= 11 is 1.27. The Morgan fingerprint density at radius 2 is 1.56 bits per heavy atom. The third-order valence-electron chi connectivity index (χ3n) is 6.47. The SMILES string of the molecule is O=NB(O)C(Cc1cccc(C(=O)O)c1)SCCNC(=O)c1ccc(CN(Cc2ccccn2)Cc2ccccn2)nc1. The van der Waals surface area contributed by atoms with Crippen LogP contribution in [0.1, 0.15) is 43.4 Å². The minimum atomic E-state index is -1.47. The third-order valence-corrected chi connectivity index (χ3v) is 7.75. The maximum absolute atomic E-state index is 12.7. The molecule has 0 saturated carbocycles. The number of nitroso groups, excluding NO2 is 1. The van der Waals surface area contributed by atoms with Crippen molar-refractivity contribution in [2.75, 3.05) is 12.3 Å². The van der Waals surface area contributed by atoms with Gasteiger partial charge in [-0.05, 0) is 60.5 Å². The van der Waals surface area contributed by atoms with Gasteiger partial charge in [0.1, 0.15) is 0 Å². The van der Waals surface area contributed by atoms with Gasteiger partial charge in [-0.1, -0.05) is 29.4 Å². The van der Waals surface area contributed by atoms with Gasteiger partial charge in [-0.25, -0.2) is 4.79 Å². The minimum absolute atomic E-state index is 0.121. The van der Waals surface area contributed by atoms with Crippen molar-refractivity contribution in [3.8, 4) is 0 Å². The number of benzene rings is 1. The van der Waals surface area contributed by atoms with Crippen LogP contribution in [0, 0.1) is 4.91 Å². The molecular weight excluding hydrogens is 567 g/mol. The summed E-state index contributed by atoms with van der Waals surface area (Å²) in [4.78, 5) is 50.6. The van der Waals surface area contributed by atoms with Crippen LogP contribution in [0.15, 0.2) is 96.5 Å². The fourth-order valence-electron chi connectivity index (χ4n) is 4.35. The van der Waals surface area contributed by atoms with Crippen LogP contribution < -0.4 is 5.32 Å². The van der Waals surface area contributed by atoms with Gasteiger partial charge in [0.05, 0.1) is 28.2 Å². The maximum atomic E-state index is 12.7. The number of amides is 1. The second kappa shape index (κ2) is 16.3. The van der Waals surface area contributed by atoms with E-state index in [0.717, 1.165) is 17.1 Å². The van der Waals surface area contributed by atoms with Crippen LogP contribution >= 0.6 is 11.8 Å². The summed E-state index contributed by atoms with van der Waals surface area (Å²) in [7, 11) is -1.47. The second-order valence-corrected chi connectivity index (χ2v) is 11.1. The first-order valence-electron chi connectivity index (χ1n) is 13.6. The summed E-state index contributed by atoms with van der Waals surface area (Å²) in [6.07, 6.45) is 5.31. The number of aromatic nitrogens is 3. The molecule has 0 saturated heterocycles. The number of aromatic carboxylic acids is 1. The molecule has 0 bridgehead atoms. The Hall–Kier alpha value is -4.46. The van der Waals surface area contributed by atoms with Crippen molar-refractivity contribution in [3.63, 3.8) is 0 Å². The van der Waals surface area contributed by atoms with Crippen molar-refractivity contribution in [2.45, 2.75) is 31.2 Å². The lowest BCUT2D eigenvalue weighted by molar-refractivity contribution is 0.0696. The highest BCUT2D eigenvalue weighted by Crippen LogP contribution is 2.20. The molecule has 4 rings (SSSR count). The first kappa shape index (κ1) is 31.5. The predicted molar refractivity (Wildman–Crippen MR) is 165 cm³/mol. The van der Waals surface area contributed by atoms with E-state index in [4.69, 9.17) is 0 Å². The topological polar surface area (TPSA) is 158 Å². The van der Waals surface area contributed by atoms with Gasteiger partial charge >= 0.3 is 13.0 Å². The highest BCUT2D eigenvalue weighted by atomic mass is 32.2. The molecule has 43 heavy (non-hydrogen) atoms. The predicted octanol–water partition coefficient (Wildman–Crippen LogP) is 3.63. The quantitative estimate of drug-likeness (QED) is 0.0988. The van der Waals surface area contributed by atoms with Gasteiger partial charge in [0.2, 0.25) is 0 Å². The summed E-state index contributed by atoms with van der Waals surface area (Å²) in [5.74, 6) is -0.946. The zero-order valence-electron chi connectivity index (χ0n) is 23.3. The van der Waals surface area contributed by atoms with Crippen LogP contribution in [-0.4, -0.2) is 66.4 Å². The summed E-state index contributed by atoms with van der Waals surface area (Å²) in [6, 6.07) is 21.5. The number of thioether (sulfide) groups is 1. The van der Waals surface area contributed by atoms with Crippen LogP contribution in [0.25, 0.3) is 0 Å². The maximum Gasteiger partial charge on any atom is 0.497 e. The molecule has 3 heterocycles. The highest BCUT2D eigenvalue weighted by molar-refractivity contribution is 8.01. The fraction of sp³-hybridized carbons (Fsp3) is 0.233. The number of carboxylic acids is 1. The molecule has 0 aliphatic heterocycles. The van der Waals surface area contributed by atoms with Crippen LogP contribution in [0.5, 0.6) is 0 Å². The average molecular weight is 598 g/mol. The summed E-state index contributed by atoms with van der Waals surface area (Å²) < 4.78 is 0. The molecule has 3 aromatic heterocycles. The number of carbonyl (C=O) groups excluding carboxylic acids is 1. The number of nitrogens with one attached hydrogen (secondary N) is 1. The Kier molecular flexibility index (Phi) is 11.9. The molecule has 0 fully saturated rings. The Balaban J connectivity index is 1.29. The van der Waals surface area contributed by atoms with Gasteiger partial charge in [-0.2, -0.15) is 16.7 Å².